The Hall–Kier alpha value is -1.52. The number of aryl methyl sites for hydroxylation is 1. The van der Waals surface area contributed by atoms with Crippen molar-refractivity contribution in [3.63, 3.8) is 0 Å². The molecule has 2 aromatic rings. The van der Waals surface area contributed by atoms with Crippen molar-refractivity contribution in [1.82, 2.24) is 9.55 Å². The molecule has 1 amide bonds. The second kappa shape index (κ2) is 5.11. The molecule has 2 heterocycles. The summed E-state index contributed by atoms with van der Waals surface area (Å²) in [5.41, 5.74) is 1.99. The smallest absolute Gasteiger partial charge is 0.272 e. The SMILES string of the molecule is Cc1cnc(Cl)c(NC(=O)c2cc(Cl)cn2C2CC2)c1. The molecule has 1 N–H and O–H groups in total. The van der Waals surface area contributed by atoms with Gasteiger partial charge in [0.05, 0.1) is 10.7 Å². The fourth-order valence-corrected chi connectivity index (χ4v) is 2.47. The van der Waals surface area contributed by atoms with Crippen LogP contribution in [0.3, 0.4) is 0 Å². The molecule has 0 saturated heterocycles. The zero-order valence-electron chi connectivity index (χ0n) is 10.9. The number of nitrogens with one attached hydrogen (secondary N) is 1. The van der Waals surface area contributed by atoms with Gasteiger partial charge in [-0.05, 0) is 37.5 Å². The van der Waals surface area contributed by atoms with Crippen LogP contribution in [0.15, 0.2) is 24.5 Å². The first-order chi connectivity index (χ1) is 9.54. The van der Waals surface area contributed by atoms with Gasteiger partial charge in [-0.25, -0.2) is 4.98 Å². The van der Waals surface area contributed by atoms with Crippen LogP contribution in [0.4, 0.5) is 5.69 Å². The van der Waals surface area contributed by atoms with E-state index in [2.05, 4.69) is 10.3 Å². The zero-order chi connectivity index (χ0) is 14.3. The van der Waals surface area contributed by atoms with Gasteiger partial charge in [-0.15, -0.1) is 0 Å². The van der Waals surface area contributed by atoms with E-state index in [1.54, 1.807) is 24.5 Å². The summed E-state index contributed by atoms with van der Waals surface area (Å²) in [6, 6.07) is 3.85. The van der Waals surface area contributed by atoms with Gasteiger partial charge in [0, 0.05) is 18.4 Å². The van der Waals surface area contributed by atoms with E-state index in [1.807, 2.05) is 11.5 Å². The molecule has 0 aliphatic heterocycles. The number of rotatable bonds is 3. The minimum atomic E-state index is -0.224. The molecule has 0 atom stereocenters. The summed E-state index contributed by atoms with van der Waals surface area (Å²) in [6.45, 7) is 1.89. The van der Waals surface area contributed by atoms with E-state index in [9.17, 15) is 4.79 Å². The Balaban J connectivity index is 1.87. The number of pyridine rings is 1. The highest BCUT2D eigenvalue weighted by atomic mass is 35.5. The predicted octanol–water partition coefficient (Wildman–Crippen LogP) is 4.09. The molecule has 1 aliphatic carbocycles. The maximum Gasteiger partial charge on any atom is 0.272 e. The maximum atomic E-state index is 12.4. The van der Waals surface area contributed by atoms with Crippen molar-refractivity contribution < 1.29 is 4.79 Å². The summed E-state index contributed by atoms with van der Waals surface area (Å²) in [5.74, 6) is -0.224. The van der Waals surface area contributed by atoms with Crippen LogP contribution in [-0.4, -0.2) is 15.5 Å². The van der Waals surface area contributed by atoms with Gasteiger partial charge >= 0.3 is 0 Å². The molecular weight excluding hydrogens is 297 g/mol. The molecule has 0 unspecified atom stereocenters. The third-order valence-corrected chi connectivity index (χ3v) is 3.72. The Morgan fingerprint density at radius 2 is 2.15 bits per heavy atom. The van der Waals surface area contributed by atoms with Crippen LogP contribution in [0.25, 0.3) is 0 Å². The second-order valence-electron chi connectivity index (χ2n) is 4.99. The van der Waals surface area contributed by atoms with Crippen molar-refractivity contribution in [2.75, 3.05) is 5.32 Å². The molecule has 1 fully saturated rings. The van der Waals surface area contributed by atoms with Crippen LogP contribution < -0.4 is 5.32 Å². The van der Waals surface area contributed by atoms with Crippen molar-refractivity contribution in [3.05, 3.63) is 46.0 Å². The number of carbonyl (C=O) groups is 1. The Bertz CT molecular complexity index is 677. The van der Waals surface area contributed by atoms with Crippen molar-refractivity contribution in [2.45, 2.75) is 25.8 Å². The van der Waals surface area contributed by atoms with Gasteiger partial charge in [-0.1, -0.05) is 23.2 Å². The third-order valence-electron chi connectivity index (χ3n) is 3.21. The Kier molecular flexibility index (Phi) is 3.44. The van der Waals surface area contributed by atoms with E-state index in [0.29, 0.717) is 22.4 Å². The number of hydrogen-bond acceptors (Lipinski definition) is 2. The van der Waals surface area contributed by atoms with Gasteiger partial charge in [-0.3, -0.25) is 4.79 Å². The topological polar surface area (TPSA) is 46.9 Å². The largest absolute Gasteiger partial charge is 0.339 e. The van der Waals surface area contributed by atoms with Crippen molar-refractivity contribution in [2.24, 2.45) is 0 Å². The standard InChI is InChI=1S/C14H13Cl2N3O/c1-8-4-11(13(16)17-6-8)18-14(20)12-5-9(15)7-19(12)10-2-3-10/h4-7,10H,2-3H2,1H3,(H,18,20). The lowest BCUT2D eigenvalue weighted by molar-refractivity contribution is 0.101. The molecule has 0 bridgehead atoms. The summed E-state index contributed by atoms with van der Waals surface area (Å²) in [6.07, 6.45) is 5.61. The van der Waals surface area contributed by atoms with Crippen molar-refractivity contribution >= 4 is 34.8 Å². The fourth-order valence-electron chi connectivity index (χ4n) is 2.11. The third kappa shape index (κ3) is 2.67. The van der Waals surface area contributed by atoms with Crippen LogP contribution in [0.5, 0.6) is 0 Å². The molecule has 104 valence electrons. The normalized spacial score (nSPS) is 14.3. The minimum Gasteiger partial charge on any atom is -0.339 e. The fraction of sp³-hybridized carbons (Fsp3) is 0.286. The molecule has 0 radical (unpaired) electrons. The van der Waals surface area contributed by atoms with Crippen LogP contribution in [-0.2, 0) is 0 Å². The molecule has 2 aromatic heterocycles. The highest BCUT2D eigenvalue weighted by molar-refractivity contribution is 6.33. The number of nitrogens with zero attached hydrogens (tertiary/aromatic N) is 2. The summed E-state index contributed by atoms with van der Waals surface area (Å²) in [5, 5.41) is 3.63. The molecule has 4 nitrogen and oxygen atoms in total. The number of amides is 1. The van der Waals surface area contributed by atoms with Gasteiger partial charge in [0.25, 0.3) is 5.91 Å². The van der Waals surface area contributed by atoms with Gasteiger partial charge in [0.2, 0.25) is 0 Å². The van der Waals surface area contributed by atoms with E-state index in [4.69, 9.17) is 23.2 Å². The average molecular weight is 310 g/mol. The zero-order valence-corrected chi connectivity index (χ0v) is 12.4. The minimum absolute atomic E-state index is 0.224. The van der Waals surface area contributed by atoms with Crippen LogP contribution in [0, 0.1) is 6.92 Å². The van der Waals surface area contributed by atoms with Crippen molar-refractivity contribution in [3.8, 4) is 0 Å². The molecule has 6 heteroatoms. The summed E-state index contributed by atoms with van der Waals surface area (Å²) >= 11 is 12.0. The van der Waals surface area contributed by atoms with Crippen LogP contribution in [0.1, 0.15) is 34.9 Å². The summed E-state index contributed by atoms with van der Waals surface area (Å²) in [4.78, 5) is 16.4. The first-order valence-electron chi connectivity index (χ1n) is 6.35. The van der Waals surface area contributed by atoms with Crippen LogP contribution >= 0.6 is 23.2 Å². The van der Waals surface area contributed by atoms with E-state index in [0.717, 1.165) is 18.4 Å². The number of anilines is 1. The van der Waals surface area contributed by atoms with Gasteiger partial charge in [0.1, 0.15) is 5.69 Å². The Morgan fingerprint density at radius 3 is 2.85 bits per heavy atom. The van der Waals surface area contributed by atoms with Crippen LogP contribution in [0.2, 0.25) is 10.2 Å². The number of aromatic nitrogens is 2. The average Bonchev–Trinajstić information content (AvgIpc) is 3.17. The van der Waals surface area contributed by atoms with E-state index < -0.39 is 0 Å². The second-order valence-corrected chi connectivity index (χ2v) is 5.78. The molecular formula is C14H13Cl2N3O. The van der Waals surface area contributed by atoms with Crippen molar-refractivity contribution in [1.29, 1.82) is 0 Å². The van der Waals surface area contributed by atoms with Gasteiger partial charge < -0.3 is 9.88 Å². The predicted molar refractivity (Wildman–Crippen MR) is 79.7 cm³/mol. The quantitative estimate of drug-likeness (QED) is 0.868. The Labute approximate surface area is 126 Å². The molecule has 0 spiro atoms. The first kappa shape index (κ1) is 13.5. The first-order valence-corrected chi connectivity index (χ1v) is 7.11. The lowest BCUT2D eigenvalue weighted by Gasteiger charge is -2.10. The lowest BCUT2D eigenvalue weighted by Crippen LogP contribution is -2.16. The van der Waals surface area contributed by atoms with Gasteiger partial charge in [0.15, 0.2) is 5.15 Å². The number of halogens is 2. The highest BCUT2D eigenvalue weighted by Crippen LogP contribution is 2.37. The Morgan fingerprint density at radius 1 is 1.40 bits per heavy atom. The molecule has 3 rings (SSSR count). The van der Waals surface area contributed by atoms with Gasteiger partial charge in [-0.2, -0.15) is 0 Å². The number of carbonyl (C=O) groups excluding carboxylic acids is 1. The molecule has 0 aromatic carbocycles. The number of hydrogen-bond donors (Lipinski definition) is 1. The highest BCUT2D eigenvalue weighted by Gasteiger charge is 2.28. The van der Waals surface area contributed by atoms with E-state index in [1.165, 1.54) is 0 Å². The monoisotopic (exact) mass is 309 g/mol. The molecule has 1 saturated carbocycles. The molecule has 20 heavy (non-hydrogen) atoms. The maximum absolute atomic E-state index is 12.4. The molecule has 1 aliphatic rings. The van der Waals surface area contributed by atoms with E-state index >= 15 is 0 Å². The van der Waals surface area contributed by atoms with E-state index in [-0.39, 0.29) is 11.1 Å². The summed E-state index contributed by atoms with van der Waals surface area (Å²) < 4.78 is 1.93. The summed E-state index contributed by atoms with van der Waals surface area (Å²) in [7, 11) is 0. The lowest BCUT2D eigenvalue weighted by atomic mass is 10.3.